The summed E-state index contributed by atoms with van der Waals surface area (Å²) in [5.41, 5.74) is 2.27. The van der Waals surface area contributed by atoms with Crippen LogP contribution in [0.4, 0.5) is 0 Å². The summed E-state index contributed by atoms with van der Waals surface area (Å²) < 4.78 is 17.2. The number of methoxy groups -OCH3 is 2. The second-order valence-corrected chi connectivity index (χ2v) is 6.69. The first kappa shape index (κ1) is 21.4. The van der Waals surface area contributed by atoms with Crippen molar-refractivity contribution in [3.63, 3.8) is 0 Å². The van der Waals surface area contributed by atoms with Gasteiger partial charge in [-0.3, -0.25) is 4.90 Å². The summed E-state index contributed by atoms with van der Waals surface area (Å²) in [6.45, 7) is 6.67. The monoisotopic (exact) mass is 392 g/mol. The van der Waals surface area contributed by atoms with Gasteiger partial charge in [-0.1, -0.05) is 30.3 Å². The Morgan fingerprint density at radius 1 is 1.04 bits per heavy atom. The highest BCUT2D eigenvalue weighted by atomic mass is 35.5. The minimum Gasteiger partial charge on any atom is -0.493 e. The van der Waals surface area contributed by atoms with Gasteiger partial charge >= 0.3 is 0 Å². The Labute approximate surface area is 168 Å². The van der Waals surface area contributed by atoms with E-state index in [1.54, 1.807) is 14.2 Å². The maximum Gasteiger partial charge on any atom is 0.203 e. The van der Waals surface area contributed by atoms with Gasteiger partial charge in [0.2, 0.25) is 5.75 Å². The third kappa shape index (κ3) is 5.76. The van der Waals surface area contributed by atoms with Gasteiger partial charge in [-0.25, -0.2) is 0 Å². The zero-order chi connectivity index (χ0) is 18.4. The first-order valence-corrected chi connectivity index (χ1v) is 9.07. The third-order valence-electron chi connectivity index (χ3n) is 4.61. The zero-order valence-electron chi connectivity index (χ0n) is 16.2. The molecule has 1 atom stereocenters. The molecule has 1 saturated heterocycles. The summed E-state index contributed by atoms with van der Waals surface area (Å²) in [6, 6.07) is 14.7. The van der Waals surface area contributed by atoms with Crippen LogP contribution in [0.5, 0.6) is 17.2 Å². The molecule has 1 fully saturated rings. The third-order valence-corrected chi connectivity index (χ3v) is 4.61. The number of halogens is 1. The molecule has 1 heterocycles. The number of piperazine rings is 1. The smallest absolute Gasteiger partial charge is 0.203 e. The van der Waals surface area contributed by atoms with Crippen LogP contribution in [-0.2, 0) is 13.2 Å². The molecule has 1 aliphatic rings. The average Bonchev–Trinajstić information content (AvgIpc) is 2.67. The molecule has 2 aromatic rings. The van der Waals surface area contributed by atoms with E-state index < -0.39 is 0 Å². The van der Waals surface area contributed by atoms with Gasteiger partial charge < -0.3 is 19.5 Å². The summed E-state index contributed by atoms with van der Waals surface area (Å²) in [7, 11) is 3.33. The number of benzene rings is 2. The van der Waals surface area contributed by atoms with Crippen LogP contribution in [0, 0.1) is 0 Å². The van der Waals surface area contributed by atoms with Crippen molar-refractivity contribution in [1.29, 1.82) is 0 Å². The fraction of sp³-hybridized carbons (Fsp3) is 0.429. The van der Waals surface area contributed by atoms with Crippen LogP contribution in [-0.4, -0.2) is 44.8 Å². The largest absolute Gasteiger partial charge is 0.493 e. The van der Waals surface area contributed by atoms with Crippen LogP contribution in [0.25, 0.3) is 0 Å². The summed E-state index contributed by atoms with van der Waals surface area (Å²) in [6.07, 6.45) is 0. The highest BCUT2D eigenvalue weighted by Gasteiger charge is 2.19. The lowest BCUT2D eigenvalue weighted by Gasteiger charge is -2.32. The van der Waals surface area contributed by atoms with Gasteiger partial charge in [0, 0.05) is 32.2 Å². The van der Waals surface area contributed by atoms with E-state index >= 15 is 0 Å². The van der Waals surface area contributed by atoms with Crippen molar-refractivity contribution in [3.05, 3.63) is 53.6 Å². The Bertz CT molecular complexity index is 687. The summed E-state index contributed by atoms with van der Waals surface area (Å²) in [4.78, 5) is 2.44. The van der Waals surface area contributed by atoms with E-state index in [1.807, 2.05) is 30.3 Å². The lowest BCUT2D eigenvalue weighted by atomic mass is 10.1. The molecule has 1 N–H and O–H groups in total. The summed E-state index contributed by atoms with van der Waals surface area (Å²) in [5, 5.41) is 3.47. The molecule has 27 heavy (non-hydrogen) atoms. The van der Waals surface area contributed by atoms with Crippen LogP contribution >= 0.6 is 12.4 Å². The number of nitrogens with one attached hydrogen (secondary N) is 1. The first-order chi connectivity index (χ1) is 12.7. The highest BCUT2D eigenvalue weighted by Crippen LogP contribution is 2.39. The van der Waals surface area contributed by atoms with E-state index in [2.05, 4.69) is 29.3 Å². The predicted octanol–water partition coefficient (Wildman–Crippen LogP) is 3.50. The van der Waals surface area contributed by atoms with Gasteiger partial charge in [-0.05, 0) is 30.2 Å². The number of hydrogen-bond acceptors (Lipinski definition) is 5. The predicted molar refractivity (Wildman–Crippen MR) is 110 cm³/mol. The standard InChI is InChI=1S/C21H28N2O3.ClH/c1-16-13-23(10-9-22-16)14-18-11-19(24-2)21(20(12-18)25-3)26-15-17-7-5-4-6-8-17;/h4-8,11-12,16,22H,9-10,13-15H2,1-3H3;1H/t16-;/m0./s1. The molecule has 148 valence electrons. The molecule has 3 rings (SSSR count). The van der Waals surface area contributed by atoms with Crippen molar-refractivity contribution in [3.8, 4) is 17.2 Å². The summed E-state index contributed by atoms with van der Waals surface area (Å²) >= 11 is 0. The average molecular weight is 393 g/mol. The van der Waals surface area contributed by atoms with Crippen LogP contribution in [0.2, 0.25) is 0 Å². The van der Waals surface area contributed by atoms with Crippen molar-refractivity contribution in [2.45, 2.75) is 26.1 Å². The van der Waals surface area contributed by atoms with Crippen molar-refractivity contribution in [2.24, 2.45) is 0 Å². The molecule has 0 amide bonds. The van der Waals surface area contributed by atoms with E-state index in [4.69, 9.17) is 14.2 Å². The minimum atomic E-state index is 0. The molecule has 5 nitrogen and oxygen atoms in total. The van der Waals surface area contributed by atoms with E-state index in [1.165, 1.54) is 5.56 Å². The Hall–Kier alpha value is -1.95. The molecule has 6 heteroatoms. The van der Waals surface area contributed by atoms with E-state index in [0.717, 1.165) is 31.7 Å². The molecule has 1 aliphatic heterocycles. The Kier molecular flexibility index (Phi) is 8.23. The van der Waals surface area contributed by atoms with E-state index in [0.29, 0.717) is 29.9 Å². The fourth-order valence-electron chi connectivity index (χ4n) is 3.31. The maximum atomic E-state index is 6.02. The van der Waals surface area contributed by atoms with Crippen LogP contribution < -0.4 is 19.5 Å². The lowest BCUT2D eigenvalue weighted by Crippen LogP contribution is -2.48. The highest BCUT2D eigenvalue weighted by molar-refractivity contribution is 5.85. The second kappa shape index (κ2) is 10.4. The first-order valence-electron chi connectivity index (χ1n) is 9.07. The minimum absolute atomic E-state index is 0. The van der Waals surface area contributed by atoms with Crippen molar-refractivity contribution >= 4 is 12.4 Å². The van der Waals surface area contributed by atoms with Crippen LogP contribution in [0.1, 0.15) is 18.1 Å². The fourth-order valence-corrected chi connectivity index (χ4v) is 3.31. The quantitative estimate of drug-likeness (QED) is 0.781. The molecule has 0 radical (unpaired) electrons. The molecule has 2 aromatic carbocycles. The summed E-state index contributed by atoms with van der Waals surface area (Å²) in [5.74, 6) is 2.06. The number of ether oxygens (including phenoxy) is 3. The van der Waals surface area contributed by atoms with Crippen LogP contribution in [0.15, 0.2) is 42.5 Å². The molecule has 0 spiro atoms. The molecule has 0 aliphatic carbocycles. The van der Waals surface area contributed by atoms with Crippen molar-refractivity contribution in [2.75, 3.05) is 33.9 Å². The van der Waals surface area contributed by atoms with E-state index in [-0.39, 0.29) is 12.4 Å². The normalized spacial score (nSPS) is 17.1. The van der Waals surface area contributed by atoms with Crippen LogP contribution in [0.3, 0.4) is 0 Å². The SMILES string of the molecule is COc1cc(CN2CCN[C@@H](C)C2)cc(OC)c1OCc1ccccc1.Cl. The van der Waals surface area contributed by atoms with Gasteiger partial charge in [0.05, 0.1) is 14.2 Å². The molecule has 0 saturated carbocycles. The topological polar surface area (TPSA) is 43.0 Å². The van der Waals surface area contributed by atoms with Gasteiger partial charge in [0.15, 0.2) is 11.5 Å². The van der Waals surface area contributed by atoms with E-state index in [9.17, 15) is 0 Å². The maximum absolute atomic E-state index is 6.02. The van der Waals surface area contributed by atoms with Gasteiger partial charge in [0.1, 0.15) is 6.61 Å². The Morgan fingerprint density at radius 2 is 1.70 bits per heavy atom. The Balaban J connectivity index is 0.00000261. The van der Waals surface area contributed by atoms with Gasteiger partial charge in [-0.2, -0.15) is 0 Å². The van der Waals surface area contributed by atoms with Crippen molar-refractivity contribution in [1.82, 2.24) is 10.2 Å². The number of hydrogen-bond donors (Lipinski definition) is 1. The molecule has 0 aromatic heterocycles. The van der Waals surface area contributed by atoms with Gasteiger partial charge in [-0.15, -0.1) is 12.4 Å². The molecule has 0 bridgehead atoms. The Morgan fingerprint density at radius 3 is 2.30 bits per heavy atom. The van der Waals surface area contributed by atoms with Gasteiger partial charge in [0.25, 0.3) is 0 Å². The number of rotatable bonds is 7. The number of nitrogens with zero attached hydrogens (tertiary/aromatic N) is 1. The molecular formula is C21H29ClN2O3. The van der Waals surface area contributed by atoms with Crippen molar-refractivity contribution < 1.29 is 14.2 Å². The molecular weight excluding hydrogens is 364 g/mol. The zero-order valence-corrected chi connectivity index (χ0v) is 17.1. The lowest BCUT2D eigenvalue weighted by molar-refractivity contribution is 0.199. The second-order valence-electron chi connectivity index (χ2n) is 6.69. The molecule has 0 unspecified atom stereocenters.